The molecular formula is C24H20N4O3. The molecule has 3 heterocycles. The van der Waals surface area contributed by atoms with E-state index in [0.717, 1.165) is 11.1 Å². The van der Waals surface area contributed by atoms with Gasteiger partial charge in [0.05, 0.1) is 35.0 Å². The van der Waals surface area contributed by atoms with Crippen LogP contribution in [0.1, 0.15) is 37.5 Å². The molecule has 0 bridgehead atoms. The van der Waals surface area contributed by atoms with Crippen molar-refractivity contribution in [1.82, 2.24) is 14.8 Å². The van der Waals surface area contributed by atoms with Crippen molar-refractivity contribution >= 4 is 28.5 Å². The molecule has 2 aromatic heterocycles. The van der Waals surface area contributed by atoms with E-state index >= 15 is 0 Å². The van der Waals surface area contributed by atoms with E-state index in [-0.39, 0.29) is 11.8 Å². The number of hydrogen-bond donors (Lipinski definition) is 0. The summed E-state index contributed by atoms with van der Waals surface area (Å²) in [4.78, 5) is 32.3. The van der Waals surface area contributed by atoms with Crippen LogP contribution >= 0.6 is 0 Å². The van der Waals surface area contributed by atoms with Crippen LogP contribution in [0.15, 0.2) is 48.7 Å². The van der Waals surface area contributed by atoms with Gasteiger partial charge in [0.2, 0.25) is 0 Å². The van der Waals surface area contributed by atoms with Crippen molar-refractivity contribution in [3.05, 3.63) is 76.6 Å². The smallest absolute Gasteiger partial charge is 0.267 e. The molecule has 4 aromatic rings. The number of aromatic nitrogens is 3. The summed E-state index contributed by atoms with van der Waals surface area (Å²) in [6, 6.07) is 13.0. The number of ether oxygens (including phenoxy) is 1. The first-order chi connectivity index (χ1) is 14.9. The maximum absolute atomic E-state index is 13.5. The molecule has 2 amide bonds. The van der Waals surface area contributed by atoms with Crippen LogP contribution in [-0.4, -0.2) is 33.7 Å². The van der Waals surface area contributed by atoms with Crippen LogP contribution in [-0.2, 0) is 0 Å². The first-order valence-electron chi connectivity index (χ1n) is 9.90. The summed E-state index contributed by atoms with van der Waals surface area (Å²) >= 11 is 0. The monoisotopic (exact) mass is 412 g/mol. The molecule has 0 unspecified atom stereocenters. The van der Waals surface area contributed by atoms with Gasteiger partial charge < -0.3 is 4.74 Å². The molecule has 31 heavy (non-hydrogen) atoms. The SMILES string of the molecule is COc1ccccc1-n1nc(C)c2c3c(cnc21)C(=O)N(c1ccc(C)c(C)c1)C3=O. The van der Waals surface area contributed by atoms with Gasteiger partial charge in [-0.1, -0.05) is 18.2 Å². The summed E-state index contributed by atoms with van der Waals surface area (Å²) in [5.74, 6) is -0.103. The number of fused-ring (bicyclic) bond motifs is 3. The number of para-hydroxylation sites is 2. The van der Waals surface area contributed by atoms with E-state index < -0.39 is 0 Å². The number of hydrogen-bond acceptors (Lipinski definition) is 5. The Hall–Kier alpha value is -4.00. The molecule has 7 nitrogen and oxygen atoms in total. The lowest BCUT2D eigenvalue weighted by atomic mass is 10.1. The van der Waals surface area contributed by atoms with E-state index in [1.54, 1.807) is 17.9 Å². The summed E-state index contributed by atoms with van der Waals surface area (Å²) in [6.07, 6.45) is 1.46. The molecule has 0 saturated carbocycles. The van der Waals surface area contributed by atoms with Crippen molar-refractivity contribution < 1.29 is 14.3 Å². The highest BCUT2D eigenvalue weighted by molar-refractivity contribution is 6.37. The third-order valence-electron chi connectivity index (χ3n) is 5.78. The molecule has 0 saturated heterocycles. The van der Waals surface area contributed by atoms with Crippen molar-refractivity contribution in [2.24, 2.45) is 0 Å². The van der Waals surface area contributed by atoms with Gasteiger partial charge in [-0.15, -0.1) is 0 Å². The number of nitrogens with zero attached hydrogens (tertiary/aromatic N) is 4. The molecule has 0 N–H and O–H groups in total. The molecule has 0 radical (unpaired) electrons. The fraction of sp³-hybridized carbons (Fsp3) is 0.167. The zero-order valence-corrected chi connectivity index (χ0v) is 17.6. The molecule has 154 valence electrons. The number of carbonyl (C=O) groups is 2. The molecule has 0 spiro atoms. The summed E-state index contributed by atoms with van der Waals surface area (Å²) in [6.45, 7) is 5.76. The van der Waals surface area contributed by atoms with E-state index in [2.05, 4.69) is 10.1 Å². The Morgan fingerprint density at radius 2 is 1.71 bits per heavy atom. The minimum atomic E-state index is -0.373. The molecule has 0 fully saturated rings. The zero-order chi connectivity index (χ0) is 21.9. The number of methoxy groups -OCH3 is 1. The lowest BCUT2D eigenvalue weighted by molar-refractivity contribution is 0.0926. The second kappa shape index (κ2) is 6.77. The highest BCUT2D eigenvalue weighted by Crippen LogP contribution is 2.36. The number of anilines is 1. The minimum Gasteiger partial charge on any atom is -0.494 e. The molecular weight excluding hydrogens is 392 g/mol. The molecule has 0 atom stereocenters. The number of aryl methyl sites for hydroxylation is 3. The van der Waals surface area contributed by atoms with Gasteiger partial charge >= 0.3 is 0 Å². The number of pyridine rings is 1. The minimum absolute atomic E-state index is 0.290. The van der Waals surface area contributed by atoms with E-state index in [0.29, 0.717) is 45.0 Å². The van der Waals surface area contributed by atoms with Crippen molar-refractivity contribution in [1.29, 1.82) is 0 Å². The second-order valence-electron chi connectivity index (χ2n) is 7.63. The maximum Gasteiger partial charge on any atom is 0.267 e. The molecule has 1 aliphatic heterocycles. The summed E-state index contributed by atoms with van der Waals surface area (Å²) in [5, 5.41) is 5.20. The highest BCUT2D eigenvalue weighted by atomic mass is 16.5. The van der Waals surface area contributed by atoms with Gasteiger partial charge in [0.15, 0.2) is 5.65 Å². The fourth-order valence-corrected chi connectivity index (χ4v) is 4.03. The summed E-state index contributed by atoms with van der Waals surface area (Å²) < 4.78 is 7.12. The van der Waals surface area contributed by atoms with Gasteiger partial charge in [0, 0.05) is 6.20 Å². The number of imide groups is 1. The predicted molar refractivity (Wildman–Crippen MR) is 117 cm³/mol. The summed E-state index contributed by atoms with van der Waals surface area (Å²) in [5.41, 5.74) is 5.12. The first kappa shape index (κ1) is 19.0. The molecule has 1 aliphatic rings. The van der Waals surface area contributed by atoms with Crippen LogP contribution in [0.2, 0.25) is 0 Å². The number of amides is 2. The third-order valence-corrected chi connectivity index (χ3v) is 5.78. The molecule has 5 rings (SSSR count). The number of benzene rings is 2. The number of rotatable bonds is 3. The Kier molecular flexibility index (Phi) is 4.15. The predicted octanol–water partition coefficient (Wildman–Crippen LogP) is 4.15. The van der Waals surface area contributed by atoms with Crippen LogP contribution < -0.4 is 9.64 Å². The molecule has 0 aliphatic carbocycles. The first-order valence-corrected chi connectivity index (χ1v) is 9.90. The lowest BCUT2D eigenvalue weighted by Crippen LogP contribution is -2.29. The van der Waals surface area contributed by atoms with Gasteiger partial charge in [0.25, 0.3) is 11.8 Å². The highest BCUT2D eigenvalue weighted by Gasteiger charge is 2.40. The Bertz CT molecular complexity index is 1400. The van der Waals surface area contributed by atoms with Crippen LogP contribution in [0, 0.1) is 20.8 Å². The van der Waals surface area contributed by atoms with Gasteiger partial charge in [-0.3, -0.25) is 9.59 Å². The second-order valence-corrected chi connectivity index (χ2v) is 7.63. The van der Waals surface area contributed by atoms with Gasteiger partial charge in [-0.05, 0) is 56.2 Å². The Balaban J connectivity index is 1.72. The largest absolute Gasteiger partial charge is 0.494 e. The third kappa shape index (κ3) is 2.66. The Labute approximate surface area is 178 Å². The van der Waals surface area contributed by atoms with Gasteiger partial charge in [-0.25, -0.2) is 14.6 Å². The summed E-state index contributed by atoms with van der Waals surface area (Å²) in [7, 11) is 1.59. The Morgan fingerprint density at radius 3 is 2.45 bits per heavy atom. The average molecular weight is 412 g/mol. The number of carbonyl (C=O) groups excluding carboxylic acids is 2. The van der Waals surface area contributed by atoms with Crippen molar-refractivity contribution in [3.8, 4) is 11.4 Å². The van der Waals surface area contributed by atoms with E-state index in [4.69, 9.17) is 4.74 Å². The van der Waals surface area contributed by atoms with Crippen LogP contribution in [0.4, 0.5) is 5.69 Å². The topological polar surface area (TPSA) is 77.3 Å². The fourth-order valence-electron chi connectivity index (χ4n) is 4.03. The van der Waals surface area contributed by atoms with Crippen LogP contribution in [0.5, 0.6) is 5.75 Å². The average Bonchev–Trinajstić information content (AvgIpc) is 3.24. The van der Waals surface area contributed by atoms with Gasteiger partial charge in [-0.2, -0.15) is 5.10 Å². The van der Waals surface area contributed by atoms with E-state index in [1.807, 2.05) is 57.2 Å². The maximum atomic E-state index is 13.5. The quantitative estimate of drug-likeness (QED) is 0.472. The molecule has 7 heteroatoms. The van der Waals surface area contributed by atoms with E-state index in [1.165, 1.54) is 11.1 Å². The molecule has 2 aromatic carbocycles. The van der Waals surface area contributed by atoms with E-state index in [9.17, 15) is 9.59 Å². The normalized spacial score (nSPS) is 13.2. The van der Waals surface area contributed by atoms with Crippen LogP contribution in [0.25, 0.3) is 16.7 Å². The van der Waals surface area contributed by atoms with Crippen molar-refractivity contribution in [2.75, 3.05) is 12.0 Å². The van der Waals surface area contributed by atoms with Gasteiger partial charge in [0.1, 0.15) is 11.4 Å². The Morgan fingerprint density at radius 1 is 0.935 bits per heavy atom. The standard InChI is InChI=1S/C24H20N4O3/c1-13-9-10-16(11-14(13)2)27-23(29)17-12-25-22-20(21(17)24(27)30)15(3)26-28(22)18-7-5-6-8-19(18)31-4/h5-12H,1-4H3. The van der Waals surface area contributed by atoms with Crippen molar-refractivity contribution in [3.63, 3.8) is 0 Å². The zero-order valence-electron chi connectivity index (χ0n) is 17.6. The van der Waals surface area contributed by atoms with Crippen LogP contribution in [0.3, 0.4) is 0 Å². The van der Waals surface area contributed by atoms with Crippen molar-refractivity contribution in [2.45, 2.75) is 20.8 Å². The lowest BCUT2D eigenvalue weighted by Gasteiger charge is -2.15.